The lowest BCUT2D eigenvalue weighted by atomic mass is 9.95. The summed E-state index contributed by atoms with van der Waals surface area (Å²) < 4.78 is 5.42. The van der Waals surface area contributed by atoms with Crippen LogP contribution in [0.25, 0.3) is 0 Å². The molecule has 3 fully saturated rings. The van der Waals surface area contributed by atoms with E-state index in [2.05, 4.69) is 5.32 Å². The molecule has 0 bridgehead atoms. The zero-order valence-corrected chi connectivity index (χ0v) is 13.4. The van der Waals surface area contributed by atoms with Crippen LogP contribution in [0.15, 0.2) is 0 Å². The first-order chi connectivity index (χ1) is 10.7. The highest BCUT2D eigenvalue weighted by molar-refractivity contribution is 5.81. The van der Waals surface area contributed by atoms with E-state index in [0.717, 1.165) is 71.4 Å². The van der Waals surface area contributed by atoms with Crippen LogP contribution in [0.5, 0.6) is 0 Å². The molecule has 0 aromatic rings. The number of hydrogen-bond acceptors (Lipinski definition) is 3. The van der Waals surface area contributed by atoms with Crippen molar-refractivity contribution in [3.05, 3.63) is 0 Å². The maximum Gasteiger partial charge on any atom is 0.225 e. The summed E-state index contributed by atoms with van der Waals surface area (Å²) in [5.41, 5.74) is 0. The van der Waals surface area contributed by atoms with E-state index in [1.54, 1.807) is 0 Å². The number of carbonyl (C=O) groups excluding carboxylic acids is 2. The monoisotopic (exact) mass is 308 g/mol. The summed E-state index contributed by atoms with van der Waals surface area (Å²) in [6.07, 6.45) is 6.98. The summed E-state index contributed by atoms with van der Waals surface area (Å²) in [4.78, 5) is 26.0. The summed E-state index contributed by atoms with van der Waals surface area (Å²) >= 11 is 0. The number of nitrogens with zero attached hydrogens (tertiary/aromatic N) is 1. The molecule has 1 aliphatic carbocycles. The van der Waals surface area contributed by atoms with Crippen LogP contribution in [-0.4, -0.2) is 49.6 Å². The molecule has 0 spiro atoms. The van der Waals surface area contributed by atoms with Crippen molar-refractivity contribution < 1.29 is 14.3 Å². The van der Waals surface area contributed by atoms with Crippen LogP contribution < -0.4 is 5.32 Å². The fourth-order valence-corrected chi connectivity index (χ4v) is 3.51. The minimum Gasteiger partial charge on any atom is -0.381 e. The number of ether oxygens (including phenoxy) is 1. The van der Waals surface area contributed by atoms with Gasteiger partial charge in [-0.3, -0.25) is 9.59 Å². The van der Waals surface area contributed by atoms with Crippen molar-refractivity contribution in [2.75, 3.05) is 32.8 Å². The molecular formula is C17H28N2O3. The average Bonchev–Trinajstić information content (AvgIpc) is 3.39. The number of rotatable bonds is 5. The fraction of sp³-hybridized carbons (Fsp3) is 0.882. The van der Waals surface area contributed by atoms with Gasteiger partial charge in [0, 0.05) is 45.2 Å². The van der Waals surface area contributed by atoms with Gasteiger partial charge in [-0.05, 0) is 50.4 Å². The lowest BCUT2D eigenvalue weighted by Crippen LogP contribution is -2.42. The van der Waals surface area contributed by atoms with Gasteiger partial charge in [0.15, 0.2) is 0 Å². The predicted octanol–water partition coefficient (Wildman–Crippen LogP) is 1.57. The fourth-order valence-electron chi connectivity index (χ4n) is 3.51. The van der Waals surface area contributed by atoms with Gasteiger partial charge in [-0.1, -0.05) is 0 Å². The Kier molecular flexibility index (Phi) is 5.34. The Bertz CT molecular complexity index is 395. The quantitative estimate of drug-likeness (QED) is 0.838. The topological polar surface area (TPSA) is 58.6 Å². The standard InChI is InChI=1S/C17H28N2O3/c20-16(10-14-2-1-9-22-12-14)18-11-13-5-7-19(8-6-13)17(21)15-3-4-15/h13-15H,1-12H2,(H,18,20). The minimum atomic E-state index is 0.159. The highest BCUT2D eigenvalue weighted by Gasteiger charge is 2.34. The molecule has 1 saturated carbocycles. The molecule has 1 N–H and O–H groups in total. The Morgan fingerprint density at radius 1 is 1.05 bits per heavy atom. The number of hydrogen-bond donors (Lipinski definition) is 1. The lowest BCUT2D eigenvalue weighted by molar-refractivity contribution is -0.134. The molecule has 5 nitrogen and oxygen atoms in total. The van der Waals surface area contributed by atoms with E-state index in [1.165, 1.54) is 0 Å². The van der Waals surface area contributed by atoms with Crippen LogP contribution in [0.4, 0.5) is 0 Å². The number of likely N-dealkylation sites (tertiary alicyclic amines) is 1. The number of nitrogens with one attached hydrogen (secondary N) is 1. The summed E-state index contributed by atoms with van der Waals surface area (Å²) in [6.45, 7) is 4.07. The molecule has 0 radical (unpaired) electrons. The van der Waals surface area contributed by atoms with Crippen LogP contribution in [0.3, 0.4) is 0 Å². The first-order valence-corrected chi connectivity index (χ1v) is 8.85. The summed E-state index contributed by atoms with van der Waals surface area (Å²) in [5.74, 6) is 1.77. The van der Waals surface area contributed by atoms with Gasteiger partial charge in [0.1, 0.15) is 0 Å². The van der Waals surface area contributed by atoms with Gasteiger partial charge in [-0.15, -0.1) is 0 Å². The molecule has 3 aliphatic rings. The van der Waals surface area contributed by atoms with E-state index in [4.69, 9.17) is 4.74 Å². The van der Waals surface area contributed by atoms with E-state index >= 15 is 0 Å². The van der Waals surface area contributed by atoms with Crippen LogP contribution >= 0.6 is 0 Å². The molecule has 0 aromatic heterocycles. The van der Waals surface area contributed by atoms with Crippen LogP contribution in [0.2, 0.25) is 0 Å². The molecule has 3 rings (SSSR count). The zero-order valence-electron chi connectivity index (χ0n) is 13.4. The molecule has 2 amide bonds. The maximum atomic E-state index is 12.0. The van der Waals surface area contributed by atoms with Gasteiger partial charge in [-0.25, -0.2) is 0 Å². The molecule has 1 atom stereocenters. The van der Waals surface area contributed by atoms with E-state index in [9.17, 15) is 9.59 Å². The van der Waals surface area contributed by atoms with Gasteiger partial charge in [-0.2, -0.15) is 0 Å². The Morgan fingerprint density at radius 3 is 2.45 bits per heavy atom. The van der Waals surface area contributed by atoms with Crippen molar-refractivity contribution >= 4 is 11.8 Å². The van der Waals surface area contributed by atoms with Crippen molar-refractivity contribution in [2.24, 2.45) is 17.8 Å². The van der Waals surface area contributed by atoms with Crippen molar-refractivity contribution in [2.45, 2.75) is 44.9 Å². The third-order valence-electron chi connectivity index (χ3n) is 5.17. The van der Waals surface area contributed by atoms with E-state index in [-0.39, 0.29) is 5.91 Å². The zero-order chi connectivity index (χ0) is 15.4. The van der Waals surface area contributed by atoms with E-state index in [1.807, 2.05) is 4.90 Å². The number of carbonyl (C=O) groups is 2. The minimum absolute atomic E-state index is 0.159. The maximum absolute atomic E-state index is 12.0. The second kappa shape index (κ2) is 7.44. The van der Waals surface area contributed by atoms with Crippen LogP contribution in [-0.2, 0) is 14.3 Å². The molecule has 2 aliphatic heterocycles. The summed E-state index contributed by atoms with van der Waals surface area (Å²) in [7, 11) is 0. The van der Waals surface area contributed by atoms with Gasteiger partial charge < -0.3 is 15.0 Å². The predicted molar refractivity (Wildman–Crippen MR) is 83.2 cm³/mol. The largest absolute Gasteiger partial charge is 0.381 e. The molecule has 5 heteroatoms. The highest BCUT2D eigenvalue weighted by Crippen LogP contribution is 2.32. The van der Waals surface area contributed by atoms with Gasteiger partial charge >= 0.3 is 0 Å². The highest BCUT2D eigenvalue weighted by atomic mass is 16.5. The van der Waals surface area contributed by atoms with Gasteiger partial charge in [0.05, 0.1) is 0 Å². The first kappa shape index (κ1) is 15.8. The normalized spacial score (nSPS) is 26.7. The van der Waals surface area contributed by atoms with Crippen molar-refractivity contribution in [3.8, 4) is 0 Å². The van der Waals surface area contributed by atoms with E-state index < -0.39 is 0 Å². The van der Waals surface area contributed by atoms with Crippen LogP contribution in [0.1, 0.15) is 44.9 Å². The molecule has 124 valence electrons. The second-order valence-electron chi connectivity index (χ2n) is 7.13. The molecule has 2 heterocycles. The Morgan fingerprint density at radius 2 is 1.82 bits per heavy atom. The van der Waals surface area contributed by atoms with Crippen molar-refractivity contribution in [3.63, 3.8) is 0 Å². The molecular weight excluding hydrogens is 280 g/mol. The van der Waals surface area contributed by atoms with Crippen LogP contribution in [0, 0.1) is 17.8 Å². The number of amides is 2. The van der Waals surface area contributed by atoms with Crippen molar-refractivity contribution in [1.82, 2.24) is 10.2 Å². The Hall–Kier alpha value is -1.10. The Balaban J connectivity index is 1.30. The first-order valence-electron chi connectivity index (χ1n) is 8.85. The number of piperidine rings is 1. The molecule has 22 heavy (non-hydrogen) atoms. The summed E-state index contributed by atoms with van der Waals surface area (Å²) in [6, 6.07) is 0. The van der Waals surface area contributed by atoms with Gasteiger partial charge in [0.25, 0.3) is 0 Å². The molecule has 2 saturated heterocycles. The lowest BCUT2D eigenvalue weighted by Gasteiger charge is -2.32. The SMILES string of the molecule is O=C(CC1CCCOC1)NCC1CCN(C(=O)C2CC2)CC1. The Labute approximate surface area is 132 Å². The second-order valence-corrected chi connectivity index (χ2v) is 7.13. The third-order valence-corrected chi connectivity index (χ3v) is 5.17. The summed E-state index contributed by atoms with van der Waals surface area (Å²) in [5, 5.41) is 3.08. The van der Waals surface area contributed by atoms with Gasteiger partial charge in [0.2, 0.25) is 11.8 Å². The average molecular weight is 308 g/mol. The van der Waals surface area contributed by atoms with E-state index in [0.29, 0.717) is 30.1 Å². The third kappa shape index (κ3) is 4.45. The van der Waals surface area contributed by atoms with Crippen molar-refractivity contribution in [1.29, 1.82) is 0 Å². The molecule has 0 aromatic carbocycles. The smallest absolute Gasteiger partial charge is 0.225 e. The molecule has 1 unspecified atom stereocenters.